The lowest BCUT2D eigenvalue weighted by molar-refractivity contribution is -0.130. The fraction of sp³-hybridized carbons (Fsp3) is 0.500. The zero-order valence-corrected chi connectivity index (χ0v) is 21.6. The predicted octanol–water partition coefficient (Wildman–Crippen LogP) is 3.43. The summed E-state index contributed by atoms with van der Waals surface area (Å²) >= 11 is 0. The van der Waals surface area contributed by atoms with Crippen LogP contribution in [0.4, 0.5) is 0 Å². The molecule has 2 aliphatic rings. The van der Waals surface area contributed by atoms with Crippen molar-refractivity contribution in [1.82, 2.24) is 20.4 Å². The highest BCUT2D eigenvalue weighted by Gasteiger charge is 2.42. The molecular formula is C28H40N4O2. The van der Waals surface area contributed by atoms with E-state index in [9.17, 15) is 9.59 Å². The minimum atomic E-state index is -0.240. The maximum atomic E-state index is 12.2. The Bertz CT molecular complexity index is 969. The highest BCUT2D eigenvalue weighted by atomic mass is 16.2. The molecule has 184 valence electrons. The summed E-state index contributed by atoms with van der Waals surface area (Å²) in [5.74, 6) is 0.368. The number of benzene rings is 2. The Morgan fingerprint density at radius 3 is 1.65 bits per heavy atom. The molecule has 2 saturated heterocycles. The van der Waals surface area contributed by atoms with Crippen LogP contribution >= 0.6 is 0 Å². The molecule has 2 aliphatic heterocycles. The first-order valence-corrected chi connectivity index (χ1v) is 12.1. The number of carbonyl (C=O) groups is 2. The molecule has 6 nitrogen and oxygen atoms in total. The number of rotatable bonds is 4. The van der Waals surface area contributed by atoms with Crippen LogP contribution in [-0.4, -0.2) is 59.6 Å². The van der Waals surface area contributed by atoms with Crippen molar-refractivity contribution in [1.29, 1.82) is 0 Å². The fourth-order valence-corrected chi connectivity index (χ4v) is 4.66. The van der Waals surface area contributed by atoms with Gasteiger partial charge in [-0.2, -0.15) is 0 Å². The second kappa shape index (κ2) is 10.3. The normalized spacial score (nSPS) is 24.3. The third-order valence-corrected chi connectivity index (χ3v) is 6.77. The Kier molecular flexibility index (Phi) is 7.84. The molecule has 4 rings (SSSR count). The van der Waals surface area contributed by atoms with E-state index in [0.717, 1.165) is 12.8 Å². The number of hydrogen-bond acceptors (Lipinski definition) is 4. The highest BCUT2D eigenvalue weighted by Crippen LogP contribution is 2.27. The quantitative estimate of drug-likeness (QED) is 0.728. The van der Waals surface area contributed by atoms with Crippen molar-refractivity contribution in [3.63, 3.8) is 0 Å². The largest absolute Gasteiger partial charge is 0.328 e. The SMILES string of the molecule is CN1C(=O)[C@@H](Cc2ccccc2)NC1(C)C.CN1C(=O)[C@@H](Cc2ccccc2)N[C@H]1C(C)(C)C. The van der Waals surface area contributed by atoms with Gasteiger partial charge in [0.25, 0.3) is 0 Å². The standard InChI is InChI=1S/C15H22N2O.C13H18N2O/c1-15(2,3)14-16-12(13(18)17(14)4)10-11-8-6-5-7-9-11;1-13(2)14-11(12(16)15(13)3)9-10-7-5-4-6-8-10/h5-9,12,14,16H,10H2,1-4H3;4-8,11,14H,9H2,1-3H3/t12-,14-;11-/m11/s1. The Hall–Kier alpha value is -2.70. The van der Waals surface area contributed by atoms with Gasteiger partial charge in [-0.25, -0.2) is 0 Å². The van der Waals surface area contributed by atoms with Gasteiger partial charge in [0, 0.05) is 14.1 Å². The summed E-state index contributed by atoms with van der Waals surface area (Å²) in [4.78, 5) is 27.8. The first kappa shape index (κ1) is 25.9. The molecule has 0 spiro atoms. The van der Waals surface area contributed by atoms with Crippen LogP contribution in [0.1, 0.15) is 45.7 Å². The lowest BCUT2D eigenvalue weighted by atomic mass is 9.92. The van der Waals surface area contributed by atoms with E-state index in [1.165, 1.54) is 11.1 Å². The van der Waals surface area contributed by atoms with E-state index in [-0.39, 0.29) is 41.1 Å². The van der Waals surface area contributed by atoms with Gasteiger partial charge in [0.15, 0.2) is 0 Å². The van der Waals surface area contributed by atoms with Crippen molar-refractivity contribution in [2.75, 3.05) is 14.1 Å². The molecule has 2 heterocycles. The van der Waals surface area contributed by atoms with E-state index in [2.05, 4.69) is 55.7 Å². The fourth-order valence-electron chi connectivity index (χ4n) is 4.66. The zero-order valence-electron chi connectivity index (χ0n) is 21.6. The molecule has 0 radical (unpaired) electrons. The van der Waals surface area contributed by atoms with Crippen molar-refractivity contribution in [3.8, 4) is 0 Å². The minimum Gasteiger partial charge on any atom is -0.328 e. The van der Waals surface area contributed by atoms with Gasteiger partial charge in [-0.1, -0.05) is 81.4 Å². The Morgan fingerprint density at radius 1 is 0.794 bits per heavy atom. The van der Waals surface area contributed by atoms with Crippen LogP contribution in [0.5, 0.6) is 0 Å². The highest BCUT2D eigenvalue weighted by molar-refractivity contribution is 5.85. The van der Waals surface area contributed by atoms with Crippen LogP contribution in [0.3, 0.4) is 0 Å². The number of nitrogens with zero attached hydrogens (tertiary/aromatic N) is 2. The maximum Gasteiger partial charge on any atom is 0.241 e. The number of hydrogen-bond donors (Lipinski definition) is 2. The molecule has 0 bridgehead atoms. The van der Waals surface area contributed by atoms with Crippen molar-refractivity contribution < 1.29 is 9.59 Å². The van der Waals surface area contributed by atoms with Crippen LogP contribution in [-0.2, 0) is 22.4 Å². The molecule has 0 aromatic heterocycles. The molecule has 0 aliphatic carbocycles. The smallest absolute Gasteiger partial charge is 0.241 e. The second-order valence-electron chi connectivity index (χ2n) is 11.0. The topological polar surface area (TPSA) is 64.7 Å². The van der Waals surface area contributed by atoms with E-state index in [4.69, 9.17) is 0 Å². The van der Waals surface area contributed by atoms with E-state index < -0.39 is 0 Å². The van der Waals surface area contributed by atoms with Crippen molar-refractivity contribution in [2.45, 2.75) is 71.4 Å². The van der Waals surface area contributed by atoms with Crippen LogP contribution in [0.25, 0.3) is 0 Å². The summed E-state index contributed by atoms with van der Waals surface area (Å²) in [6.07, 6.45) is 1.63. The van der Waals surface area contributed by atoms with E-state index in [0.29, 0.717) is 0 Å². The molecule has 2 aromatic rings. The summed E-state index contributed by atoms with van der Waals surface area (Å²) < 4.78 is 0. The summed E-state index contributed by atoms with van der Waals surface area (Å²) in [7, 11) is 3.73. The lowest BCUT2D eigenvalue weighted by Gasteiger charge is -2.32. The lowest BCUT2D eigenvalue weighted by Crippen LogP contribution is -2.45. The Balaban J connectivity index is 0.000000192. The number of carbonyl (C=O) groups excluding carboxylic acids is 2. The minimum absolute atomic E-state index is 0.0514. The van der Waals surface area contributed by atoms with Gasteiger partial charge in [-0.3, -0.25) is 20.2 Å². The molecule has 3 atom stereocenters. The molecular weight excluding hydrogens is 424 g/mol. The average molecular weight is 465 g/mol. The third kappa shape index (κ3) is 6.05. The summed E-state index contributed by atoms with van der Waals surface area (Å²) in [5, 5.41) is 6.81. The van der Waals surface area contributed by atoms with E-state index >= 15 is 0 Å². The zero-order chi connectivity index (χ0) is 25.1. The first-order valence-electron chi connectivity index (χ1n) is 12.1. The van der Waals surface area contributed by atoms with Crippen LogP contribution in [0.15, 0.2) is 60.7 Å². The molecule has 2 aromatic carbocycles. The third-order valence-electron chi connectivity index (χ3n) is 6.77. The van der Waals surface area contributed by atoms with Crippen LogP contribution < -0.4 is 10.6 Å². The Morgan fingerprint density at radius 2 is 1.26 bits per heavy atom. The van der Waals surface area contributed by atoms with Crippen molar-refractivity contribution in [3.05, 3.63) is 71.8 Å². The Labute approximate surface area is 204 Å². The van der Waals surface area contributed by atoms with E-state index in [1.54, 1.807) is 4.90 Å². The number of amides is 2. The molecule has 2 N–H and O–H groups in total. The summed E-state index contributed by atoms with van der Waals surface area (Å²) in [6, 6.07) is 20.1. The monoisotopic (exact) mass is 464 g/mol. The first-order chi connectivity index (χ1) is 15.9. The van der Waals surface area contributed by atoms with Gasteiger partial charge < -0.3 is 9.80 Å². The van der Waals surface area contributed by atoms with Crippen LogP contribution in [0, 0.1) is 5.41 Å². The van der Waals surface area contributed by atoms with Gasteiger partial charge in [-0.05, 0) is 43.2 Å². The molecule has 0 saturated carbocycles. The van der Waals surface area contributed by atoms with Gasteiger partial charge in [-0.15, -0.1) is 0 Å². The maximum absolute atomic E-state index is 12.2. The van der Waals surface area contributed by atoms with Gasteiger partial charge in [0.2, 0.25) is 11.8 Å². The summed E-state index contributed by atoms with van der Waals surface area (Å²) in [5.41, 5.74) is 2.21. The van der Waals surface area contributed by atoms with E-state index in [1.807, 2.05) is 69.2 Å². The van der Waals surface area contributed by atoms with Gasteiger partial charge >= 0.3 is 0 Å². The van der Waals surface area contributed by atoms with Crippen molar-refractivity contribution >= 4 is 11.8 Å². The van der Waals surface area contributed by atoms with Crippen molar-refractivity contribution in [2.24, 2.45) is 5.41 Å². The average Bonchev–Trinajstić information content (AvgIpc) is 3.18. The predicted molar refractivity (Wildman–Crippen MR) is 137 cm³/mol. The number of nitrogens with one attached hydrogen (secondary N) is 2. The van der Waals surface area contributed by atoms with Gasteiger partial charge in [0.1, 0.15) is 0 Å². The van der Waals surface area contributed by atoms with Gasteiger partial charge in [0.05, 0.1) is 23.9 Å². The molecule has 2 amide bonds. The molecule has 34 heavy (non-hydrogen) atoms. The molecule has 6 heteroatoms. The van der Waals surface area contributed by atoms with Crippen LogP contribution in [0.2, 0.25) is 0 Å². The molecule has 2 fully saturated rings. The number of likely N-dealkylation sites (N-methyl/N-ethyl adjacent to an activating group) is 2. The summed E-state index contributed by atoms with van der Waals surface area (Å²) in [6.45, 7) is 10.5. The molecule has 0 unspecified atom stereocenters. The second-order valence-corrected chi connectivity index (χ2v) is 11.0.